The van der Waals surface area contributed by atoms with Crippen molar-refractivity contribution in [2.45, 2.75) is 45.6 Å². The van der Waals surface area contributed by atoms with Gasteiger partial charge in [0.15, 0.2) is 6.61 Å². The second kappa shape index (κ2) is 4.51. The smallest absolute Gasteiger partial charge is 0.309 e. The SMILES string of the molecule is Cc1cc(C(=O)COC(=O)C2CC2)c(C)n1C1CC1. The standard InChI is InChI=1S/C15H19NO3/c1-9-7-13(10(2)16(9)12-5-6-12)14(17)8-19-15(18)11-3-4-11/h7,11-12H,3-6,8H2,1-2H3. The molecular weight excluding hydrogens is 242 g/mol. The number of nitrogens with zero attached hydrogens (tertiary/aromatic N) is 1. The Balaban J connectivity index is 1.68. The van der Waals surface area contributed by atoms with Crippen molar-refractivity contribution >= 4 is 11.8 Å². The Bertz CT molecular complexity index is 536. The third-order valence-electron chi connectivity index (χ3n) is 3.95. The highest BCUT2D eigenvalue weighted by Gasteiger charge is 2.32. The second-order valence-corrected chi connectivity index (χ2v) is 5.69. The lowest BCUT2D eigenvalue weighted by Gasteiger charge is -2.07. The first-order chi connectivity index (χ1) is 9.08. The molecule has 0 unspecified atom stereocenters. The van der Waals surface area contributed by atoms with E-state index in [1.807, 2.05) is 19.9 Å². The largest absolute Gasteiger partial charge is 0.457 e. The molecular formula is C15H19NO3. The number of ketones is 1. The molecule has 102 valence electrons. The van der Waals surface area contributed by atoms with Crippen molar-refractivity contribution in [2.75, 3.05) is 6.61 Å². The van der Waals surface area contributed by atoms with Crippen LogP contribution in [-0.4, -0.2) is 22.9 Å². The van der Waals surface area contributed by atoms with Gasteiger partial charge in [0.05, 0.1) is 5.92 Å². The Labute approximate surface area is 112 Å². The van der Waals surface area contributed by atoms with Crippen LogP contribution in [0.5, 0.6) is 0 Å². The van der Waals surface area contributed by atoms with Crippen molar-refractivity contribution in [1.82, 2.24) is 4.57 Å². The van der Waals surface area contributed by atoms with E-state index in [0.29, 0.717) is 11.6 Å². The number of hydrogen-bond acceptors (Lipinski definition) is 3. The van der Waals surface area contributed by atoms with Gasteiger partial charge in [-0.15, -0.1) is 0 Å². The molecule has 1 aromatic rings. The Kier molecular flexibility index (Phi) is 2.96. The van der Waals surface area contributed by atoms with Gasteiger partial charge in [-0.1, -0.05) is 0 Å². The van der Waals surface area contributed by atoms with Crippen molar-refractivity contribution in [3.8, 4) is 0 Å². The predicted molar refractivity (Wildman–Crippen MR) is 70.2 cm³/mol. The average Bonchev–Trinajstić information content (AvgIpc) is 3.25. The lowest BCUT2D eigenvalue weighted by atomic mass is 10.1. The van der Waals surface area contributed by atoms with E-state index in [1.165, 1.54) is 12.8 Å². The number of Topliss-reactive ketones (excluding diaryl/α,β-unsaturated/α-hetero) is 1. The minimum absolute atomic E-state index is 0.0479. The fourth-order valence-electron chi connectivity index (χ4n) is 2.61. The van der Waals surface area contributed by atoms with E-state index in [1.54, 1.807) is 0 Å². The molecule has 4 nitrogen and oxygen atoms in total. The van der Waals surface area contributed by atoms with Crippen molar-refractivity contribution in [3.63, 3.8) is 0 Å². The number of aromatic nitrogens is 1. The van der Waals surface area contributed by atoms with Crippen LogP contribution in [0, 0.1) is 19.8 Å². The summed E-state index contributed by atoms with van der Waals surface area (Å²) in [5.74, 6) is -0.259. The monoisotopic (exact) mass is 261 g/mol. The average molecular weight is 261 g/mol. The van der Waals surface area contributed by atoms with E-state index in [-0.39, 0.29) is 24.3 Å². The number of esters is 1. The van der Waals surface area contributed by atoms with Gasteiger partial charge in [0.1, 0.15) is 0 Å². The summed E-state index contributed by atoms with van der Waals surface area (Å²) in [6.45, 7) is 3.88. The molecule has 0 aromatic carbocycles. The molecule has 2 aliphatic carbocycles. The van der Waals surface area contributed by atoms with Gasteiger partial charge < -0.3 is 9.30 Å². The minimum atomic E-state index is -0.218. The highest BCUT2D eigenvalue weighted by atomic mass is 16.5. The maximum absolute atomic E-state index is 12.1. The highest BCUT2D eigenvalue weighted by Crippen LogP contribution is 2.38. The van der Waals surface area contributed by atoms with Gasteiger partial charge in [-0.3, -0.25) is 9.59 Å². The minimum Gasteiger partial charge on any atom is -0.457 e. The van der Waals surface area contributed by atoms with Crippen molar-refractivity contribution in [3.05, 3.63) is 23.0 Å². The van der Waals surface area contributed by atoms with E-state index in [0.717, 1.165) is 24.2 Å². The first-order valence-corrected chi connectivity index (χ1v) is 6.96. The summed E-state index contributed by atoms with van der Waals surface area (Å²) in [7, 11) is 0. The molecule has 0 radical (unpaired) electrons. The van der Waals surface area contributed by atoms with Gasteiger partial charge in [0.25, 0.3) is 0 Å². The van der Waals surface area contributed by atoms with Gasteiger partial charge >= 0.3 is 5.97 Å². The number of hydrogen-bond donors (Lipinski definition) is 0. The molecule has 0 bridgehead atoms. The Morgan fingerprint density at radius 1 is 1.26 bits per heavy atom. The van der Waals surface area contributed by atoms with Gasteiger partial charge in [-0.25, -0.2) is 0 Å². The van der Waals surface area contributed by atoms with E-state index < -0.39 is 0 Å². The van der Waals surface area contributed by atoms with Gasteiger partial charge in [0.2, 0.25) is 5.78 Å². The molecule has 2 fully saturated rings. The Morgan fingerprint density at radius 2 is 1.95 bits per heavy atom. The first kappa shape index (κ1) is 12.5. The number of carbonyl (C=O) groups is 2. The van der Waals surface area contributed by atoms with Crippen LogP contribution < -0.4 is 0 Å². The van der Waals surface area contributed by atoms with Crippen molar-refractivity contribution < 1.29 is 14.3 Å². The third kappa shape index (κ3) is 2.44. The van der Waals surface area contributed by atoms with E-state index in [9.17, 15) is 9.59 Å². The fraction of sp³-hybridized carbons (Fsp3) is 0.600. The zero-order valence-electron chi connectivity index (χ0n) is 11.4. The summed E-state index contributed by atoms with van der Waals surface area (Å²) in [6, 6.07) is 2.48. The van der Waals surface area contributed by atoms with Crippen molar-refractivity contribution in [2.24, 2.45) is 5.92 Å². The lowest BCUT2D eigenvalue weighted by molar-refractivity contribution is -0.144. The summed E-state index contributed by atoms with van der Waals surface area (Å²) < 4.78 is 7.30. The molecule has 1 heterocycles. The topological polar surface area (TPSA) is 48.3 Å². The molecule has 4 heteroatoms. The number of rotatable bonds is 5. The molecule has 0 amide bonds. The van der Waals surface area contributed by atoms with Crippen LogP contribution in [0.3, 0.4) is 0 Å². The van der Waals surface area contributed by atoms with Crippen LogP contribution in [-0.2, 0) is 9.53 Å². The van der Waals surface area contributed by atoms with Crippen LogP contribution in [0.4, 0.5) is 0 Å². The number of carbonyl (C=O) groups excluding carboxylic acids is 2. The fourth-order valence-corrected chi connectivity index (χ4v) is 2.61. The van der Waals surface area contributed by atoms with Crippen LogP contribution in [0.15, 0.2) is 6.07 Å². The van der Waals surface area contributed by atoms with Crippen LogP contribution >= 0.6 is 0 Å². The molecule has 2 aliphatic rings. The molecule has 0 N–H and O–H groups in total. The first-order valence-electron chi connectivity index (χ1n) is 6.96. The molecule has 1 aromatic heterocycles. The Hall–Kier alpha value is -1.58. The Morgan fingerprint density at radius 3 is 2.53 bits per heavy atom. The van der Waals surface area contributed by atoms with Crippen LogP contribution in [0.1, 0.15) is 53.5 Å². The third-order valence-corrected chi connectivity index (χ3v) is 3.95. The van der Waals surface area contributed by atoms with E-state index in [2.05, 4.69) is 4.57 Å². The van der Waals surface area contributed by atoms with E-state index in [4.69, 9.17) is 4.74 Å². The summed E-state index contributed by atoms with van der Waals surface area (Å²) in [5.41, 5.74) is 2.83. The highest BCUT2D eigenvalue weighted by molar-refractivity contribution is 5.99. The summed E-state index contributed by atoms with van der Waals surface area (Å²) in [6.07, 6.45) is 4.20. The normalized spacial score (nSPS) is 18.4. The van der Waals surface area contributed by atoms with E-state index >= 15 is 0 Å². The predicted octanol–water partition coefficient (Wildman–Crippen LogP) is 2.58. The summed E-state index contributed by atoms with van der Waals surface area (Å²) >= 11 is 0. The van der Waals surface area contributed by atoms with Crippen LogP contribution in [0.2, 0.25) is 0 Å². The zero-order valence-corrected chi connectivity index (χ0v) is 11.4. The molecule has 0 saturated heterocycles. The van der Waals surface area contributed by atoms with Gasteiger partial charge in [-0.2, -0.15) is 0 Å². The molecule has 0 spiro atoms. The molecule has 0 aliphatic heterocycles. The molecule has 0 atom stereocenters. The second-order valence-electron chi connectivity index (χ2n) is 5.69. The summed E-state index contributed by atoms with van der Waals surface area (Å²) in [4.78, 5) is 23.6. The van der Waals surface area contributed by atoms with Crippen LogP contribution in [0.25, 0.3) is 0 Å². The van der Waals surface area contributed by atoms with Gasteiger partial charge in [-0.05, 0) is 45.6 Å². The molecule has 19 heavy (non-hydrogen) atoms. The van der Waals surface area contributed by atoms with Crippen molar-refractivity contribution in [1.29, 1.82) is 0 Å². The number of aryl methyl sites for hydroxylation is 1. The quantitative estimate of drug-likeness (QED) is 0.604. The number of ether oxygens (including phenoxy) is 1. The molecule has 2 saturated carbocycles. The zero-order chi connectivity index (χ0) is 13.6. The summed E-state index contributed by atoms with van der Waals surface area (Å²) in [5, 5.41) is 0. The van der Waals surface area contributed by atoms with Gasteiger partial charge in [0, 0.05) is 23.0 Å². The maximum atomic E-state index is 12.1. The lowest BCUT2D eigenvalue weighted by Crippen LogP contribution is -2.15. The molecule has 3 rings (SSSR count). The maximum Gasteiger partial charge on any atom is 0.309 e.